The van der Waals surface area contributed by atoms with Crippen molar-refractivity contribution in [3.8, 4) is 45.5 Å². The summed E-state index contributed by atoms with van der Waals surface area (Å²) < 4.78 is 110. The molecule has 0 radical (unpaired) electrons. The van der Waals surface area contributed by atoms with Gasteiger partial charge in [-0.25, -0.2) is 9.59 Å². The molecule has 0 spiro atoms. The van der Waals surface area contributed by atoms with Crippen LogP contribution in [0.5, 0.6) is 23.0 Å². The Labute approximate surface area is 497 Å². The average molecular weight is 1190 g/mol. The molecule has 0 atom stereocenters. The van der Waals surface area contributed by atoms with Crippen LogP contribution in [0.2, 0.25) is 0 Å². The van der Waals surface area contributed by atoms with Gasteiger partial charge in [-0.2, -0.15) is 36.5 Å². The molecule has 0 amide bonds. The van der Waals surface area contributed by atoms with Crippen LogP contribution in [0.1, 0.15) is 90.3 Å². The summed E-state index contributed by atoms with van der Waals surface area (Å²) in [5.74, 6) is 2.69. The number of methoxy groups -OCH3 is 2. The van der Waals surface area contributed by atoms with Crippen LogP contribution in [0, 0.1) is 27.7 Å². The zero-order chi connectivity index (χ0) is 63.1. The molecule has 1 N–H and O–H groups in total. The number of hydrogen-bond donors (Lipinski definition) is 1. The van der Waals surface area contributed by atoms with E-state index in [4.69, 9.17) is 23.7 Å². The summed E-state index contributed by atoms with van der Waals surface area (Å²) in [5.41, 5.74) is 5.69. The van der Waals surface area contributed by atoms with E-state index in [-0.39, 0.29) is 6.61 Å². The summed E-state index contributed by atoms with van der Waals surface area (Å²) >= 11 is 0. The number of carbonyl (C=O) groups is 2. The molecule has 0 bridgehead atoms. The quantitative estimate of drug-likeness (QED) is 0.0540. The highest BCUT2D eigenvalue weighted by Gasteiger charge is 2.35. The maximum absolute atomic E-state index is 13.1. The number of rotatable bonds is 21. The highest BCUT2D eigenvalue weighted by molar-refractivity contribution is 5.79. The Bertz CT molecular complexity index is 3580. The van der Waals surface area contributed by atoms with E-state index in [1.165, 1.54) is 38.1 Å². The fourth-order valence-electron chi connectivity index (χ4n) is 9.71. The minimum atomic E-state index is -4.41. The minimum Gasteiger partial charge on any atom is -0.497 e. The first-order valence-corrected chi connectivity index (χ1v) is 27.6. The van der Waals surface area contributed by atoms with Gasteiger partial charge in [0.15, 0.2) is 11.2 Å². The first-order valence-electron chi connectivity index (χ1n) is 27.6. The van der Waals surface area contributed by atoms with E-state index in [1.807, 2.05) is 120 Å². The van der Waals surface area contributed by atoms with E-state index >= 15 is 0 Å². The standard InChI is InChI=1S/C34H38F3N3O4.C32H34F3N3O4/c1-8-43-32(41)33(4,5)44-31-22(2)17-25(18-23(31)3)21-40(20-24-9-15-28(42-7)16-10-24)30-19-29(38-39(30)6)26-11-13-27(14-12-26)34(35,36)37;1-20-15-23(16-21(2)29(20)42-31(3,4)30(39)40)19-38(18-22-7-13-26(41-6)14-8-22)28-17-27(36-37(28)5)24-9-11-25(12-10-24)32(33,34)35/h9-19H,8,20-21H2,1-7H3;7-17H,18-19H2,1-6H3,(H,39,40). The third kappa shape index (κ3) is 16.1. The van der Waals surface area contributed by atoms with Crippen molar-refractivity contribution < 1.29 is 64.7 Å². The van der Waals surface area contributed by atoms with Gasteiger partial charge in [0, 0.05) is 63.5 Å². The second-order valence-corrected chi connectivity index (χ2v) is 21.9. The third-order valence-electron chi connectivity index (χ3n) is 14.2. The second kappa shape index (κ2) is 26.5. The number of carbonyl (C=O) groups excluding carboxylic acids is 1. The monoisotopic (exact) mass is 1190 g/mol. The summed E-state index contributed by atoms with van der Waals surface area (Å²) in [6.07, 6.45) is -8.82. The van der Waals surface area contributed by atoms with Crippen molar-refractivity contribution in [2.75, 3.05) is 30.6 Å². The molecule has 20 heteroatoms. The van der Waals surface area contributed by atoms with Crippen LogP contribution in [-0.4, -0.2) is 68.6 Å². The summed E-state index contributed by atoms with van der Waals surface area (Å²) in [7, 11) is 6.83. The smallest absolute Gasteiger partial charge is 0.416 e. The third-order valence-corrected chi connectivity index (χ3v) is 14.2. The number of benzene rings is 6. The molecule has 86 heavy (non-hydrogen) atoms. The molecule has 8 aromatic rings. The normalized spacial score (nSPS) is 11.8. The van der Waals surface area contributed by atoms with E-state index in [1.54, 1.807) is 51.4 Å². The summed E-state index contributed by atoms with van der Waals surface area (Å²) in [4.78, 5) is 28.4. The van der Waals surface area contributed by atoms with Crippen LogP contribution in [0.15, 0.2) is 133 Å². The lowest BCUT2D eigenvalue weighted by Crippen LogP contribution is -2.40. The maximum atomic E-state index is 13.1. The van der Waals surface area contributed by atoms with Gasteiger partial charge in [0.2, 0.25) is 0 Å². The molecule has 456 valence electrons. The van der Waals surface area contributed by atoms with Crippen molar-refractivity contribution in [1.82, 2.24) is 19.6 Å². The Kier molecular flexibility index (Phi) is 19.9. The molecular formula is C66H72F6N6O8. The van der Waals surface area contributed by atoms with Gasteiger partial charge < -0.3 is 38.6 Å². The van der Waals surface area contributed by atoms with E-state index < -0.39 is 46.6 Å². The number of ether oxygens (including phenoxy) is 5. The highest BCUT2D eigenvalue weighted by Crippen LogP contribution is 2.37. The van der Waals surface area contributed by atoms with Crippen LogP contribution >= 0.6 is 0 Å². The van der Waals surface area contributed by atoms with Gasteiger partial charge in [0.1, 0.15) is 34.6 Å². The first kappa shape index (κ1) is 64.6. The number of carboxylic acid groups (broad SMARTS) is 1. The van der Waals surface area contributed by atoms with E-state index in [9.17, 15) is 41.0 Å². The molecule has 2 heterocycles. The lowest BCUT2D eigenvalue weighted by molar-refractivity contribution is -0.158. The summed E-state index contributed by atoms with van der Waals surface area (Å²) in [5, 5.41) is 18.8. The number of halogens is 6. The SMILES string of the molecule is CCOC(=O)C(C)(C)Oc1c(C)cc(CN(Cc2ccc(OC)cc2)c2cc(-c3ccc(C(F)(F)F)cc3)nn2C)cc1C.COc1ccc(CN(Cc2cc(C)c(OC(C)(C)C(=O)O)c(C)c2)c2cc(-c3ccc(C(F)(F)F)cc3)nn2C)cc1. The Morgan fingerprint density at radius 1 is 0.500 bits per heavy atom. The van der Waals surface area contributed by atoms with E-state index in [0.717, 1.165) is 91.9 Å². The van der Waals surface area contributed by atoms with Crippen LogP contribution in [0.25, 0.3) is 22.5 Å². The van der Waals surface area contributed by atoms with Crippen molar-refractivity contribution >= 4 is 23.6 Å². The molecule has 0 fully saturated rings. The first-order chi connectivity index (χ1) is 40.4. The van der Waals surface area contributed by atoms with Gasteiger partial charge in [-0.1, -0.05) is 72.8 Å². The van der Waals surface area contributed by atoms with Gasteiger partial charge in [-0.15, -0.1) is 0 Å². The average Bonchev–Trinajstić information content (AvgIpc) is 1.92. The van der Waals surface area contributed by atoms with Crippen molar-refractivity contribution in [2.24, 2.45) is 14.1 Å². The largest absolute Gasteiger partial charge is 0.497 e. The fraction of sp³-hybridized carbons (Fsp3) is 0.333. The van der Waals surface area contributed by atoms with Crippen LogP contribution in [0.4, 0.5) is 38.0 Å². The van der Waals surface area contributed by atoms with Gasteiger partial charge in [-0.05, 0) is 155 Å². The number of aliphatic carboxylic acids is 1. The molecule has 0 aliphatic carbocycles. The van der Waals surface area contributed by atoms with Gasteiger partial charge in [-0.3, -0.25) is 9.36 Å². The Hall–Kier alpha value is -8.94. The number of aromatic nitrogens is 4. The summed E-state index contributed by atoms with van der Waals surface area (Å²) in [6, 6.07) is 37.2. The molecule has 0 aliphatic heterocycles. The molecule has 8 rings (SSSR count). The number of aryl methyl sites for hydroxylation is 6. The van der Waals surface area contributed by atoms with Crippen molar-refractivity contribution in [2.45, 2.75) is 112 Å². The summed E-state index contributed by atoms with van der Waals surface area (Å²) in [6.45, 7) is 18.1. The fourth-order valence-corrected chi connectivity index (χ4v) is 9.71. The Morgan fingerprint density at radius 2 is 0.826 bits per heavy atom. The van der Waals surface area contributed by atoms with Crippen molar-refractivity contribution in [3.63, 3.8) is 0 Å². The second-order valence-electron chi connectivity index (χ2n) is 21.9. The molecule has 0 unspecified atom stereocenters. The zero-order valence-corrected chi connectivity index (χ0v) is 50.5. The van der Waals surface area contributed by atoms with Crippen LogP contribution < -0.4 is 28.7 Å². The number of hydrogen-bond acceptors (Lipinski definition) is 11. The lowest BCUT2D eigenvalue weighted by atomic mass is 10.0. The molecule has 2 aromatic heterocycles. The predicted octanol–water partition coefficient (Wildman–Crippen LogP) is 14.8. The van der Waals surface area contributed by atoms with Crippen LogP contribution in [-0.2, 0) is 67.0 Å². The predicted molar refractivity (Wildman–Crippen MR) is 319 cm³/mol. The van der Waals surface area contributed by atoms with Crippen molar-refractivity contribution in [1.29, 1.82) is 0 Å². The highest BCUT2D eigenvalue weighted by atomic mass is 19.4. The van der Waals surface area contributed by atoms with E-state index in [2.05, 4.69) is 20.0 Å². The number of esters is 1. The Morgan fingerprint density at radius 3 is 1.13 bits per heavy atom. The minimum absolute atomic E-state index is 0.265. The lowest BCUT2D eigenvalue weighted by Gasteiger charge is -2.28. The zero-order valence-electron chi connectivity index (χ0n) is 50.5. The van der Waals surface area contributed by atoms with Gasteiger partial charge in [0.05, 0.1) is 43.3 Å². The number of alkyl halides is 6. The Balaban J connectivity index is 0.000000246. The number of carboxylic acids is 1. The maximum Gasteiger partial charge on any atom is 0.416 e. The van der Waals surface area contributed by atoms with Gasteiger partial charge in [0.25, 0.3) is 0 Å². The molecule has 14 nitrogen and oxygen atoms in total. The molecule has 0 aliphatic rings. The van der Waals surface area contributed by atoms with E-state index in [0.29, 0.717) is 60.2 Å². The van der Waals surface area contributed by atoms with Crippen molar-refractivity contribution in [3.05, 3.63) is 189 Å². The topological polar surface area (TPSA) is 143 Å². The molecule has 0 saturated heterocycles. The van der Waals surface area contributed by atoms with Gasteiger partial charge >= 0.3 is 24.3 Å². The number of anilines is 2. The molecular weight excluding hydrogens is 1120 g/mol. The number of nitrogens with zero attached hydrogens (tertiary/aromatic N) is 6. The molecule has 0 saturated carbocycles. The molecule has 6 aromatic carbocycles. The van der Waals surface area contributed by atoms with Crippen LogP contribution in [0.3, 0.4) is 0 Å².